The van der Waals surface area contributed by atoms with Crippen molar-refractivity contribution in [3.8, 4) is 11.1 Å². The van der Waals surface area contributed by atoms with Crippen LogP contribution in [0.3, 0.4) is 0 Å². The largest absolute Gasteiger partial charge is 0.481 e. The van der Waals surface area contributed by atoms with Gasteiger partial charge in [-0.3, -0.25) is 9.59 Å². The summed E-state index contributed by atoms with van der Waals surface area (Å²) < 4.78 is 10.7. The lowest BCUT2D eigenvalue weighted by atomic mass is 9.85. The number of alkyl carbamates (subject to hydrolysis) is 1. The van der Waals surface area contributed by atoms with Gasteiger partial charge in [-0.15, -0.1) is 0 Å². The van der Waals surface area contributed by atoms with Crippen molar-refractivity contribution in [2.45, 2.75) is 18.9 Å². The molecule has 2 aromatic carbocycles. The Labute approximate surface area is 202 Å². The second-order valence-corrected chi connectivity index (χ2v) is 9.77. The molecule has 0 spiro atoms. The van der Waals surface area contributed by atoms with Gasteiger partial charge in [0.05, 0.1) is 25.0 Å². The fourth-order valence-corrected chi connectivity index (χ4v) is 5.02. The number of thioether (sulfide) groups is 1. The third-order valence-corrected chi connectivity index (χ3v) is 7.33. The molecule has 9 heteroatoms. The molecule has 4 rings (SSSR count). The van der Waals surface area contributed by atoms with E-state index >= 15 is 0 Å². The number of fused-ring (bicyclic) bond motifs is 3. The lowest BCUT2D eigenvalue weighted by Crippen LogP contribution is -2.50. The minimum atomic E-state index is -1.12. The van der Waals surface area contributed by atoms with Gasteiger partial charge in [-0.1, -0.05) is 48.5 Å². The highest BCUT2D eigenvalue weighted by molar-refractivity contribution is 7.99. The summed E-state index contributed by atoms with van der Waals surface area (Å²) >= 11 is 1.35. The van der Waals surface area contributed by atoms with Crippen molar-refractivity contribution < 1.29 is 29.0 Å². The van der Waals surface area contributed by atoms with E-state index in [9.17, 15) is 19.5 Å². The van der Waals surface area contributed by atoms with Gasteiger partial charge in [-0.2, -0.15) is 11.8 Å². The first-order chi connectivity index (χ1) is 16.4. The predicted molar refractivity (Wildman–Crippen MR) is 129 cm³/mol. The summed E-state index contributed by atoms with van der Waals surface area (Å²) in [5.41, 5.74) is 3.55. The van der Waals surface area contributed by atoms with Crippen LogP contribution < -0.4 is 10.6 Å². The molecule has 2 aliphatic rings. The van der Waals surface area contributed by atoms with Gasteiger partial charge in [-0.25, -0.2) is 4.79 Å². The molecule has 0 aromatic heterocycles. The van der Waals surface area contributed by atoms with Crippen LogP contribution in [0.15, 0.2) is 48.5 Å². The number of rotatable bonds is 9. The molecular weight excluding hydrogens is 456 g/mol. The normalized spacial score (nSPS) is 20.9. The number of carbonyl (C=O) groups excluding carboxylic acids is 2. The molecule has 3 N–H and O–H groups in total. The Morgan fingerprint density at radius 1 is 1.12 bits per heavy atom. The second-order valence-electron chi connectivity index (χ2n) is 8.66. The van der Waals surface area contributed by atoms with E-state index in [0.717, 1.165) is 11.1 Å². The molecular formula is C25H28N2O6S. The lowest BCUT2D eigenvalue weighted by molar-refractivity contribution is -0.148. The van der Waals surface area contributed by atoms with Crippen LogP contribution >= 0.6 is 11.8 Å². The van der Waals surface area contributed by atoms with Crippen molar-refractivity contribution in [1.82, 2.24) is 10.6 Å². The number of hydrogen-bond acceptors (Lipinski definition) is 6. The highest BCUT2D eigenvalue weighted by Gasteiger charge is 2.47. The van der Waals surface area contributed by atoms with E-state index in [1.54, 1.807) is 6.92 Å². The van der Waals surface area contributed by atoms with Gasteiger partial charge < -0.3 is 25.2 Å². The maximum absolute atomic E-state index is 12.2. The quantitative estimate of drug-likeness (QED) is 0.469. The van der Waals surface area contributed by atoms with Crippen LogP contribution in [0.1, 0.15) is 24.0 Å². The minimum absolute atomic E-state index is 0.00674. The Morgan fingerprint density at radius 3 is 2.41 bits per heavy atom. The first kappa shape index (κ1) is 24.1. The van der Waals surface area contributed by atoms with Crippen LogP contribution in [0.5, 0.6) is 0 Å². The number of ether oxygens (including phenoxy) is 2. The fraction of sp³-hybridized carbons (Fsp3) is 0.400. The van der Waals surface area contributed by atoms with Gasteiger partial charge in [0.25, 0.3) is 0 Å². The third-order valence-electron chi connectivity index (χ3n) is 6.37. The molecule has 2 aromatic rings. The predicted octanol–water partition coefficient (Wildman–Crippen LogP) is 2.86. The van der Waals surface area contributed by atoms with E-state index in [-0.39, 0.29) is 37.4 Å². The number of aliphatic carboxylic acids is 1. The van der Waals surface area contributed by atoms with Crippen molar-refractivity contribution in [1.29, 1.82) is 0 Å². The summed E-state index contributed by atoms with van der Waals surface area (Å²) in [6.07, 6.45) is -0.493. The zero-order chi connectivity index (χ0) is 24.1. The van der Waals surface area contributed by atoms with E-state index in [4.69, 9.17) is 9.47 Å². The molecule has 0 radical (unpaired) electrons. The molecule has 180 valence electrons. The molecule has 0 bridgehead atoms. The maximum atomic E-state index is 12.2. The number of carboxylic acids is 1. The highest BCUT2D eigenvalue weighted by atomic mass is 32.2. The first-order valence-corrected chi connectivity index (χ1v) is 12.3. The molecule has 1 heterocycles. The highest BCUT2D eigenvalue weighted by Crippen LogP contribution is 2.44. The Kier molecular flexibility index (Phi) is 7.43. The fourth-order valence-electron chi connectivity index (χ4n) is 4.36. The second kappa shape index (κ2) is 10.5. The van der Waals surface area contributed by atoms with Crippen LogP contribution in [0.25, 0.3) is 11.1 Å². The van der Waals surface area contributed by atoms with E-state index < -0.39 is 23.5 Å². The summed E-state index contributed by atoms with van der Waals surface area (Å²) in [4.78, 5) is 35.8. The molecule has 34 heavy (non-hydrogen) atoms. The molecule has 1 saturated heterocycles. The van der Waals surface area contributed by atoms with Crippen molar-refractivity contribution >= 4 is 29.7 Å². The van der Waals surface area contributed by atoms with E-state index in [0.29, 0.717) is 12.3 Å². The molecule has 2 atom stereocenters. The summed E-state index contributed by atoms with van der Waals surface area (Å²) in [6, 6.07) is 15.8. The van der Waals surface area contributed by atoms with Crippen molar-refractivity contribution in [2.75, 3.05) is 37.9 Å². The van der Waals surface area contributed by atoms with Crippen molar-refractivity contribution in [3.05, 3.63) is 59.7 Å². The SMILES string of the molecule is CC1(C(=O)O)COCC1NC(=O)CSCCNC(=O)OCC1c2ccccc2-c2ccccc21. The summed E-state index contributed by atoms with van der Waals surface area (Å²) in [7, 11) is 0. The third kappa shape index (κ3) is 5.05. The van der Waals surface area contributed by atoms with Gasteiger partial charge in [-0.05, 0) is 29.2 Å². The smallest absolute Gasteiger partial charge is 0.407 e. The number of hydrogen-bond donors (Lipinski definition) is 3. The summed E-state index contributed by atoms with van der Waals surface area (Å²) in [5, 5.41) is 14.8. The van der Waals surface area contributed by atoms with Crippen LogP contribution in [0.4, 0.5) is 4.79 Å². The Bertz CT molecular complexity index is 1030. The molecule has 2 amide bonds. The van der Waals surface area contributed by atoms with Gasteiger partial charge in [0, 0.05) is 18.2 Å². The van der Waals surface area contributed by atoms with E-state index in [1.165, 1.54) is 22.9 Å². The van der Waals surface area contributed by atoms with Gasteiger partial charge in [0.15, 0.2) is 0 Å². The molecule has 0 saturated carbocycles. The Hall–Kier alpha value is -3.04. The summed E-state index contributed by atoms with van der Waals surface area (Å²) in [6.45, 7) is 2.43. The Morgan fingerprint density at radius 2 is 1.76 bits per heavy atom. The Balaban J connectivity index is 1.16. The maximum Gasteiger partial charge on any atom is 0.407 e. The number of amides is 2. The number of nitrogens with one attached hydrogen (secondary N) is 2. The minimum Gasteiger partial charge on any atom is -0.481 e. The van der Waals surface area contributed by atoms with Crippen LogP contribution in [-0.4, -0.2) is 67.0 Å². The van der Waals surface area contributed by atoms with Gasteiger partial charge in [0.1, 0.15) is 12.0 Å². The van der Waals surface area contributed by atoms with E-state index in [1.807, 2.05) is 24.3 Å². The van der Waals surface area contributed by atoms with Crippen LogP contribution in [0.2, 0.25) is 0 Å². The van der Waals surface area contributed by atoms with Gasteiger partial charge >= 0.3 is 12.1 Å². The first-order valence-electron chi connectivity index (χ1n) is 11.2. The van der Waals surface area contributed by atoms with Crippen LogP contribution in [0, 0.1) is 5.41 Å². The number of benzene rings is 2. The van der Waals surface area contributed by atoms with Gasteiger partial charge in [0.2, 0.25) is 5.91 Å². The molecule has 2 unspecified atom stereocenters. The number of carboxylic acid groups (broad SMARTS) is 1. The topological polar surface area (TPSA) is 114 Å². The number of carbonyl (C=O) groups is 3. The zero-order valence-electron chi connectivity index (χ0n) is 18.9. The molecule has 1 fully saturated rings. The van der Waals surface area contributed by atoms with Crippen LogP contribution in [-0.2, 0) is 19.1 Å². The van der Waals surface area contributed by atoms with E-state index in [2.05, 4.69) is 34.9 Å². The lowest BCUT2D eigenvalue weighted by Gasteiger charge is -2.25. The molecule has 8 nitrogen and oxygen atoms in total. The average molecular weight is 485 g/mol. The standard InChI is InChI=1S/C25H28N2O6S/c1-25(23(29)30)15-32-13-21(25)27-22(28)14-34-11-10-26-24(31)33-12-20-18-8-4-2-6-16(18)17-7-3-5-9-19(17)20/h2-9,20-21H,10-15H2,1H3,(H,26,31)(H,27,28)(H,29,30). The molecule has 1 aliphatic carbocycles. The van der Waals surface area contributed by atoms with Crippen molar-refractivity contribution in [3.63, 3.8) is 0 Å². The zero-order valence-corrected chi connectivity index (χ0v) is 19.7. The van der Waals surface area contributed by atoms with Crippen molar-refractivity contribution in [2.24, 2.45) is 5.41 Å². The summed E-state index contributed by atoms with van der Waals surface area (Å²) in [5.74, 6) is -0.551. The average Bonchev–Trinajstić information content (AvgIpc) is 3.36. The molecule has 1 aliphatic heterocycles. The monoisotopic (exact) mass is 484 g/mol.